The summed E-state index contributed by atoms with van der Waals surface area (Å²) in [6.45, 7) is 3.37. The number of fused-ring (bicyclic) bond motifs is 2. The smallest absolute Gasteiger partial charge is 0.258 e. The number of ether oxygens (including phenoxy) is 2. The number of hydrogen-bond donors (Lipinski definition) is 0. The van der Waals surface area contributed by atoms with E-state index in [0.29, 0.717) is 24.4 Å². The van der Waals surface area contributed by atoms with Crippen molar-refractivity contribution in [3.05, 3.63) is 53.3 Å². The van der Waals surface area contributed by atoms with Crippen molar-refractivity contribution in [3.63, 3.8) is 0 Å². The van der Waals surface area contributed by atoms with Crippen LogP contribution in [0.2, 0.25) is 0 Å². The summed E-state index contributed by atoms with van der Waals surface area (Å²) in [7, 11) is 3.28. The number of carbonyl (C=O) groups excluding carboxylic acids is 1. The quantitative estimate of drug-likeness (QED) is 0.666. The highest BCUT2D eigenvalue weighted by atomic mass is 16.5. The second-order valence-electron chi connectivity index (χ2n) is 7.92. The average Bonchev–Trinajstić information content (AvgIpc) is 3.46. The van der Waals surface area contributed by atoms with E-state index in [1.807, 2.05) is 23.2 Å². The van der Waals surface area contributed by atoms with E-state index < -0.39 is 0 Å². The van der Waals surface area contributed by atoms with Gasteiger partial charge in [0.1, 0.15) is 0 Å². The lowest BCUT2D eigenvalue weighted by Gasteiger charge is -2.29. The van der Waals surface area contributed by atoms with Crippen LogP contribution in [0.1, 0.15) is 34.3 Å². The molecule has 2 aliphatic heterocycles. The molecule has 1 aromatic carbocycles. The van der Waals surface area contributed by atoms with Crippen molar-refractivity contribution in [1.82, 2.24) is 14.5 Å². The van der Waals surface area contributed by atoms with E-state index in [1.54, 1.807) is 24.9 Å². The number of aromatic nitrogens is 2. The third kappa shape index (κ3) is 3.14. The van der Waals surface area contributed by atoms with Crippen LogP contribution in [0.5, 0.6) is 11.5 Å². The molecule has 30 heavy (non-hydrogen) atoms. The van der Waals surface area contributed by atoms with Crippen molar-refractivity contribution in [1.29, 1.82) is 0 Å². The summed E-state index contributed by atoms with van der Waals surface area (Å²) < 4.78 is 12.7. The van der Waals surface area contributed by atoms with Gasteiger partial charge in [0, 0.05) is 38.1 Å². The van der Waals surface area contributed by atoms with E-state index >= 15 is 0 Å². The van der Waals surface area contributed by atoms with Gasteiger partial charge < -0.3 is 19.3 Å². The Bertz CT molecular complexity index is 1100. The van der Waals surface area contributed by atoms with Crippen molar-refractivity contribution in [2.75, 3.05) is 38.8 Å². The monoisotopic (exact) mass is 406 g/mol. The van der Waals surface area contributed by atoms with E-state index in [1.165, 1.54) is 18.4 Å². The molecule has 156 valence electrons. The van der Waals surface area contributed by atoms with Gasteiger partial charge in [-0.1, -0.05) is 0 Å². The lowest BCUT2D eigenvalue weighted by Crippen LogP contribution is -2.36. The molecule has 1 saturated heterocycles. The molecule has 4 heterocycles. The van der Waals surface area contributed by atoms with Crippen LogP contribution in [0.3, 0.4) is 0 Å². The molecule has 0 bridgehead atoms. The molecule has 2 aliphatic rings. The van der Waals surface area contributed by atoms with Gasteiger partial charge in [-0.15, -0.1) is 0 Å². The number of amides is 1. The fourth-order valence-electron chi connectivity index (χ4n) is 4.53. The Kier molecular flexibility index (Phi) is 4.73. The first-order valence-electron chi connectivity index (χ1n) is 10.4. The van der Waals surface area contributed by atoms with Crippen molar-refractivity contribution >= 4 is 17.1 Å². The Balaban J connectivity index is 1.44. The summed E-state index contributed by atoms with van der Waals surface area (Å²) in [5.41, 5.74) is 4.98. The third-order valence-corrected chi connectivity index (χ3v) is 6.21. The molecule has 0 saturated carbocycles. The van der Waals surface area contributed by atoms with E-state index in [9.17, 15) is 4.79 Å². The maximum absolute atomic E-state index is 13.4. The average molecular weight is 406 g/mol. The summed E-state index contributed by atoms with van der Waals surface area (Å²) in [6, 6.07) is 8.18. The second kappa shape index (κ2) is 7.55. The van der Waals surface area contributed by atoms with Crippen molar-refractivity contribution < 1.29 is 14.3 Å². The lowest BCUT2D eigenvalue weighted by atomic mass is 9.98. The van der Waals surface area contributed by atoms with Crippen LogP contribution < -0.4 is 14.4 Å². The highest BCUT2D eigenvalue weighted by Crippen LogP contribution is 2.34. The molecule has 1 amide bonds. The Morgan fingerprint density at radius 1 is 1.00 bits per heavy atom. The van der Waals surface area contributed by atoms with Gasteiger partial charge in [-0.25, -0.2) is 4.52 Å². The minimum atomic E-state index is 0.0176. The summed E-state index contributed by atoms with van der Waals surface area (Å²) in [4.78, 5) is 17.7. The molecule has 0 unspecified atom stereocenters. The van der Waals surface area contributed by atoms with Gasteiger partial charge in [-0.05, 0) is 54.7 Å². The lowest BCUT2D eigenvalue weighted by molar-refractivity contribution is 0.0736. The standard InChI is InChI=1S/C23H26N4O3/c1-29-21-11-16-5-9-26(15-17(16)12-22(21)30-2)23(28)19-14-24-27-10-6-18(13-20(19)27)25-7-3-4-8-25/h6,10-14H,3-5,7-9,15H2,1-2H3. The predicted molar refractivity (Wildman–Crippen MR) is 115 cm³/mol. The zero-order valence-corrected chi connectivity index (χ0v) is 17.4. The Morgan fingerprint density at radius 3 is 2.47 bits per heavy atom. The van der Waals surface area contributed by atoms with Gasteiger partial charge >= 0.3 is 0 Å². The van der Waals surface area contributed by atoms with Gasteiger partial charge in [0.15, 0.2) is 11.5 Å². The second-order valence-corrected chi connectivity index (χ2v) is 7.92. The van der Waals surface area contributed by atoms with Crippen LogP contribution in [0, 0.1) is 0 Å². The number of benzene rings is 1. The summed E-state index contributed by atoms with van der Waals surface area (Å²) in [5, 5.41) is 4.41. The van der Waals surface area contributed by atoms with Gasteiger partial charge in [-0.2, -0.15) is 5.10 Å². The van der Waals surface area contributed by atoms with E-state index in [2.05, 4.69) is 22.1 Å². The van der Waals surface area contributed by atoms with Crippen LogP contribution in [-0.4, -0.2) is 54.3 Å². The molecule has 0 N–H and O–H groups in total. The van der Waals surface area contributed by atoms with Crippen molar-refractivity contribution in [3.8, 4) is 11.5 Å². The van der Waals surface area contributed by atoms with Crippen LogP contribution in [0.15, 0.2) is 36.7 Å². The number of pyridine rings is 1. The van der Waals surface area contributed by atoms with Crippen LogP contribution >= 0.6 is 0 Å². The Morgan fingerprint density at radius 2 is 1.73 bits per heavy atom. The van der Waals surface area contributed by atoms with Crippen LogP contribution in [0.4, 0.5) is 5.69 Å². The highest BCUT2D eigenvalue weighted by Gasteiger charge is 2.26. The number of rotatable bonds is 4. The van der Waals surface area contributed by atoms with Gasteiger partial charge in [0.25, 0.3) is 5.91 Å². The molecule has 1 fully saturated rings. The number of nitrogens with zero attached hydrogens (tertiary/aromatic N) is 4. The maximum atomic E-state index is 13.4. The Labute approximate surface area is 175 Å². The molecular weight excluding hydrogens is 380 g/mol. The Hall–Kier alpha value is -3.22. The van der Waals surface area contributed by atoms with E-state index in [-0.39, 0.29) is 5.91 Å². The molecule has 5 rings (SSSR count). The van der Waals surface area contributed by atoms with Crippen LogP contribution in [0.25, 0.3) is 5.52 Å². The molecule has 2 aromatic heterocycles. The van der Waals surface area contributed by atoms with E-state index in [4.69, 9.17) is 9.47 Å². The minimum Gasteiger partial charge on any atom is -0.493 e. The van der Waals surface area contributed by atoms with Gasteiger partial charge in [-0.3, -0.25) is 4.79 Å². The molecule has 3 aromatic rings. The zero-order valence-electron chi connectivity index (χ0n) is 17.4. The normalized spacial score (nSPS) is 16.1. The summed E-state index contributed by atoms with van der Waals surface area (Å²) in [6.07, 6.45) is 6.87. The van der Waals surface area contributed by atoms with Gasteiger partial charge in [0.2, 0.25) is 0 Å². The number of carbonyl (C=O) groups is 1. The molecule has 0 atom stereocenters. The summed E-state index contributed by atoms with van der Waals surface area (Å²) in [5.74, 6) is 1.44. The van der Waals surface area contributed by atoms with Crippen molar-refractivity contribution in [2.24, 2.45) is 0 Å². The SMILES string of the molecule is COc1cc2c(cc1OC)CN(C(=O)c1cnn3ccc(N4CCCC4)cc13)CC2. The summed E-state index contributed by atoms with van der Waals surface area (Å²) >= 11 is 0. The fraction of sp³-hybridized carbons (Fsp3) is 0.391. The molecule has 7 nitrogen and oxygen atoms in total. The largest absolute Gasteiger partial charge is 0.493 e. The molecular formula is C23H26N4O3. The third-order valence-electron chi connectivity index (χ3n) is 6.21. The molecule has 0 radical (unpaired) electrons. The minimum absolute atomic E-state index is 0.0176. The number of methoxy groups -OCH3 is 2. The molecule has 0 aliphatic carbocycles. The predicted octanol–water partition coefficient (Wildman–Crippen LogP) is 3.15. The molecule has 7 heteroatoms. The number of hydrogen-bond acceptors (Lipinski definition) is 5. The fourth-order valence-corrected chi connectivity index (χ4v) is 4.53. The van der Waals surface area contributed by atoms with Crippen LogP contribution in [-0.2, 0) is 13.0 Å². The zero-order chi connectivity index (χ0) is 20.7. The first-order chi connectivity index (χ1) is 14.7. The highest BCUT2D eigenvalue weighted by molar-refractivity contribution is 6.01. The first-order valence-corrected chi connectivity index (χ1v) is 10.4. The molecule has 0 spiro atoms. The van der Waals surface area contributed by atoms with Crippen molar-refractivity contribution in [2.45, 2.75) is 25.8 Å². The van der Waals surface area contributed by atoms with E-state index in [0.717, 1.165) is 42.0 Å². The maximum Gasteiger partial charge on any atom is 0.258 e. The topological polar surface area (TPSA) is 59.3 Å². The number of anilines is 1. The van der Waals surface area contributed by atoms with Gasteiger partial charge in [0.05, 0.1) is 31.5 Å². The first kappa shape index (κ1) is 18.8.